The summed E-state index contributed by atoms with van der Waals surface area (Å²) < 4.78 is 5.13. The Hall–Kier alpha value is -3.13. The van der Waals surface area contributed by atoms with Crippen LogP contribution in [-0.4, -0.2) is 40.8 Å². The third kappa shape index (κ3) is 5.68. The number of phenols is 1. The zero-order chi connectivity index (χ0) is 20.7. The smallest absolute Gasteiger partial charge is 0.221 e. The number of hydrogen-bond acceptors (Lipinski definition) is 6. The molecule has 2 atom stereocenters. The van der Waals surface area contributed by atoms with Gasteiger partial charge in [0.1, 0.15) is 11.5 Å². The van der Waals surface area contributed by atoms with E-state index in [4.69, 9.17) is 4.74 Å². The van der Waals surface area contributed by atoms with Crippen LogP contribution in [0.1, 0.15) is 31.1 Å². The van der Waals surface area contributed by atoms with E-state index in [1.807, 2.05) is 31.2 Å². The van der Waals surface area contributed by atoms with Gasteiger partial charge >= 0.3 is 0 Å². The minimum Gasteiger partial charge on any atom is -0.506 e. The topological polar surface area (TPSA) is 111 Å². The molecule has 0 bridgehead atoms. The molecular weight excluding hydrogens is 362 g/mol. The van der Waals surface area contributed by atoms with Crippen molar-refractivity contribution < 1.29 is 19.7 Å². The Morgan fingerprint density at radius 1 is 1.25 bits per heavy atom. The van der Waals surface area contributed by atoms with E-state index in [0.29, 0.717) is 12.0 Å². The Labute approximate surface area is 163 Å². The van der Waals surface area contributed by atoms with Crippen LogP contribution in [0.4, 0.5) is 5.69 Å². The van der Waals surface area contributed by atoms with Gasteiger partial charge in [0.15, 0.2) is 0 Å². The Morgan fingerprint density at radius 2 is 1.93 bits per heavy atom. The summed E-state index contributed by atoms with van der Waals surface area (Å²) in [4.78, 5) is 22.5. The normalized spacial score (nSPS) is 12.7. The van der Waals surface area contributed by atoms with Crippen molar-refractivity contribution in [2.75, 3.05) is 19.0 Å². The highest BCUT2D eigenvalue weighted by atomic mass is 16.5. The second kappa shape index (κ2) is 9.70. The summed E-state index contributed by atoms with van der Waals surface area (Å²) in [5, 5.41) is 27.1. The first-order valence-corrected chi connectivity index (χ1v) is 8.85. The molecule has 0 spiro atoms. The maximum Gasteiger partial charge on any atom is 0.221 e. The Morgan fingerprint density at radius 3 is 2.50 bits per heavy atom. The van der Waals surface area contributed by atoms with Crippen LogP contribution < -0.4 is 10.1 Å². The van der Waals surface area contributed by atoms with Crippen molar-refractivity contribution in [3.05, 3.63) is 58.5 Å². The zero-order valence-corrected chi connectivity index (χ0v) is 16.1. The summed E-state index contributed by atoms with van der Waals surface area (Å²) >= 11 is 0. The largest absolute Gasteiger partial charge is 0.506 e. The Bertz CT molecular complexity index is 810. The molecule has 150 valence electrons. The number of nitrogens with one attached hydrogen (secondary N) is 1. The zero-order valence-electron chi connectivity index (χ0n) is 16.1. The number of benzene rings is 2. The van der Waals surface area contributed by atoms with Gasteiger partial charge in [-0.15, -0.1) is 4.91 Å². The van der Waals surface area contributed by atoms with Gasteiger partial charge in [-0.05, 0) is 48.7 Å². The molecule has 0 radical (unpaired) electrons. The summed E-state index contributed by atoms with van der Waals surface area (Å²) in [5.41, 5.74) is 1.65. The number of rotatable bonds is 9. The van der Waals surface area contributed by atoms with Crippen LogP contribution in [0.15, 0.2) is 47.8 Å². The van der Waals surface area contributed by atoms with Crippen LogP contribution in [0.3, 0.4) is 0 Å². The number of nitroso groups, excluding NO2 is 1. The van der Waals surface area contributed by atoms with Gasteiger partial charge in [-0.2, -0.15) is 0 Å². The molecular formula is C20H25N3O5. The molecule has 0 aromatic heterocycles. The van der Waals surface area contributed by atoms with Crippen LogP contribution >= 0.6 is 0 Å². The minimum atomic E-state index is -1.02. The lowest BCUT2D eigenvalue weighted by molar-refractivity contribution is -0.114. The first-order valence-electron chi connectivity index (χ1n) is 8.85. The van der Waals surface area contributed by atoms with Crippen molar-refractivity contribution in [2.24, 2.45) is 5.29 Å². The van der Waals surface area contributed by atoms with Gasteiger partial charge in [0.25, 0.3) is 0 Å². The highest BCUT2D eigenvalue weighted by Crippen LogP contribution is 2.28. The summed E-state index contributed by atoms with van der Waals surface area (Å²) in [7, 11) is 1.59. The maximum absolute atomic E-state index is 11.3. The lowest BCUT2D eigenvalue weighted by atomic mass is 10.0. The highest BCUT2D eigenvalue weighted by Gasteiger charge is 2.20. The Balaban J connectivity index is 2.06. The molecule has 28 heavy (non-hydrogen) atoms. The van der Waals surface area contributed by atoms with E-state index in [9.17, 15) is 19.9 Å². The quantitative estimate of drug-likeness (QED) is 0.346. The molecule has 0 saturated heterocycles. The third-order valence-electron chi connectivity index (χ3n) is 4.38. The van der Waals surface area contributed by atoms with E-state index in [1.54, 1.807) is 7.11 Å². The molecule has 2 aromatic carbocycles. The molecule has 0 heterocycles. The standard InChI is InChI=1S/C20H25N3O5/c1-13(10-15-4-7-17(28-3)8-5-15)23(22-27)12-20(26)16-6-9-19(25)18(11-16)21-14(2)24/h4-9,11,13,20,25-26H,10,12H2,1-3H3,(H,21,24). The third-order valence-corrected chi connectivity index (χ3v) is 4.38. The number of methoxy groups -OCH3 is 1. The molecule has 1 amide bonds. The van der Waals surface area contributed by atoms with E-state index in [1.165, 1.54) is 30.1 Å². The van der Waals surface area contributed by atoms with E-state index < -0.39 is 6.10 Å². The molecule has 0 aliphatic rings. The number of carbonyl (C=O) groups excluding carboxylic acids is 1. The van der Waals surface area contributed by atoms with Crippen molar-refractivity contribution in [3.63, 3.8) is 0 Å². The van der Waals surface area contributed by atoms with Crippen molar-refractivity contribution in [1.82, 2.24) is 5.01 Å². The molecule has 0 aliphatic heterocycles. The first-order chi connectivity index (χ1) is 13.3. The molecule has 0 fully saturated rings. The number of ether oxygens (including phenoxy) is 1. The van der Waals surface area contributed by atoms with E-state index in [-0.39, 0.29) is 29.9 Å². The molecule has 0 saturated carbocycles. The number of anilines is 1. The van der Waals surface area contributed by atoms with Gasteiger partial charge in [-0.1, -0.05) is 18.2 Å². The molecule has 8 heteroatoms. The number of amides is 1. The van der Waals surface area contributed by atoms with Crippen LogP contribution in [0.5, 0.6) is 11.5 Å². The van der Waals surface area contributed by atoms with Crippen LogP contribution in [0.2, 0.25) is 0 Å². The second-order valence-corrected chi connectivity index (χ2v) is 6.58. The second-order valence-electron chi connectivity index (χ2n) is 6.58. The summed E-state index contributed by atoms with van der Waals surface area (Å²) in [6, 6.07) is 11.6. The fraction of sp³-hybridized carbons (Fsp3) is 0.350. The van der Waals surface area contributed by atoms with Crippen molar-refractivity contribution in [3.8, 4) is 11.5 Å². The number of aromatic hydroxyl groups is 1. The lowest BCUT2D eigenvalue weighted by Crippen LogP contribution is -2.33. The molecule has 2 rings (SSSR count). The SMILES string of the molecule is COc1ccc(CC(C)N(CC(O)c2ccc(O)c(NC(C)=O)c2)N=O)cc1. The lowest BCUT2D eigenvalue weighted by Gasteiger charge is -2.26. The number of aliphatic hydroxyl groups is 1. The van der Waals surface area contributed by atoms with Gasteiger partial charge in [0.2, 0.25) is 5.91 Å². The van der Waals surface area contributed by atoms with Gasteiger partial charge in [0.05, 0.1) is 36.8 Å². The van der Waals surface area contributed by atoms with Gasteiger partial charge in [-0.3, -0.25) is 9.80 Å². The van der Waals surface area contributed by atoms with E-state index in [0.717, 1.165) is 11.3 Å². The summed E-state index contributed by atoms with van der Waals surface area (Å²) in [5.74, 6) is 0.301. The van der Waals surface area contributed by atoms with E-state index in [2.05, 4.69) is 10.6 Å². The number of nitrogens with zero attached hydrogens (tertiary/aromatic N) is 2. The van der Waals surface area contributed by atoms with Crippen molar-refractivity contribution in [2.45, 2.75) is 32.4 Å². The average Bonchev–Trinajstić information content (AvgIpc) is 2.67. The number of phenolic OH excluding ortho intramolecular Hbond substituents is 1. The van der Waals surface area contributed by atoms with Gasteiger partial charge in [-0.25, -0.2) is 0 Å². The van der Waals surface area contributed by atoms with Crippen molar-refractivity contribution >= 4 is 11.6 Å². The predicted octanol–water partition coefficient (Wildman–Crippen LogP) is 3.01. The summed E-state index contributed by atoms with van der Waals surface area (Å²) in [6.07, 6.45) is -0.459. The van der Waals surface area contributed by atoms with Gasteiger partial charge < -0.3 is 20.3 Å². The molecule has 2 unspecified atom stereocenters. The number of aliphatic hydroxyl groups excluding tert-OH is 1. The minimum absolute atomic E-state index is 0.0227. The average molecular weight is 387 g/mol. The fourth-order valence-corrected chi connectivity index (χ4v) is 2.84. The number of hydrogen-bond donors (Lipinski definition) is 3. The molecule has 8 nitrogen and oxygen atoms in total. The number of carbonyl (C=O) groups is 1. The van der Waals surface area contributed by atoms with Crippen LogP contribution in [-0.2, 0) is 11.2 Å². The fourth-order valence-electron chi connectivity index (χ4n) is 2.84. The monoisotopic (exact) mass is 387 g/mol. The highest BCUT2D eigenvalue weighted by molar-refractivity contribution is 5.90. The predicted molar refractivity (Wildman–Crippen MR) is 106 cm³/mol. The van der Waals surface area contributed by atoms with Gasteiger partial charge in [0, 0.05) is 6.92 Å². The van der Waals surface area contributed by atoms with Crippen molar-refractivity contribution in [1.29, 1.82) is 0 Å². The maximum atomic E-state index is 11.3. The molecule has 0 aliphatic carbocycles. The van der Waals surface area contributed by atoms with E-state index >= 15 is 0 Å². The molecule has 3 N–H and O–H groups in total. The van der Waals surface area contributed by atoms with Crippen LogP contribution in [0.25, 0.3) is 0 Å². The molecule has 2 aromatic rings. The Kier molecular flexibility index (Phi) is 7.34. The summed E-state index contributed by atoms with van der Waals surface area (Å²) in [6.45, 7) is 3.14. The van der Waals surface area contributed by atoms with Crippen LogP contribution in [0, 0.1) is 4.91 Å². The first kappa shape index (κ1) is 21.2.